The highest BCUT2D eigenvalue weighted by Gasteiger charge is 2.16. The van der Waals surface area contributed by atoms with Crippen LogP contribution in [0, 0.1) is 0 Å². The fraction of sp³-hybridized carbons (Fsp3) is 0.0588. The molecule has 0 N–H and O–H groups in total. The number of aldehydes is 1. The Morgan fingerprint density at radius 2 is 1.47 bits per heavy atom. The van der Waals surface area contributed by atoms with Gasteiger partial charge in [-0.15, -0.1) is 0 Å². The summed E-state index contributed by atoms with van der Waals surface area (Å²) in [6, 6.07) is 18.6. The Kier molecular flexibility index (Phi) is 4.40. The third kappa shape index (κ3) is 3.49. The third-order valence-electron chi connectivity index (χ3n) is 2.84. The van der Waals surface area contributed by atoms with Gasteiger partial charge in [0.2, 0.25) is 0 Å². The number of benzene rings is 2. The largest absolute Gasteiger partial charge is 0.302 e. The zero-order chi connectivity index (χ0) is 13.5. The van der Waals surface area contributed by atoms with Gasteiger partial charge in [0, 0.05) is 0 Å². The lowest BCUT2D eigenvalue weighted by Gasteiger charge is -2.06. The zero-order valence-corrected chi connectivity index (χ0v) is 10.4. The van der Waals surface area contributed by atoms with Crippen molar-refractivity contribution in [3.8, 4) is 0 Å². The summed E-state index contributed by atoms with van der Waals surface area (Å²) in [5.41, 5.74) is 1.66. The number of hydrogen-bond acceptors (Lipinski definition) is 2. The summed E-state index contributed by atoms with van der Waals surface area (Å²) in [5, 5.41) is 0. The molecular weight excluding hydrogens is 236 g/mol. The summed E-state index contributed by atoms with van der Waals surface area (Å²) in [7, 11) is 0. The molecule has 0 aromatic heterocycles. The maximum Gasteiger partial charge on any atom is 0.170 e. The van der Waals surface area contributed by atoms with Crippen molar-refractivity contribution in [3.63, 3.8) is 0 Å². The molecule has 2 rings (SSSR count). The first-order valence-corrected chi connectivity index (χ1v) is 6.08. The summed E-state index contributed by atoms with van der Waals surface area (Å²) >= 11 is 0. The lowest BCUT2D eigenvalue weighted by molar-refractivity contribution is -0.120. The number of carbonyl (C=O) groups excluding carboxylic acids is 2. The first-order valence-electron chi connectivity index (χ1n) is 6.08. The molecule has 1 unspecified atom stereocenters. The minimum Gasteiger partial charge on any atom is -0.302 e. The van der Waals surface area contributed by atoms with E-state index in [1.54, 1.807) is 18.2 Å². The maximum absolute atomic E-state index is 12.0. The second-order valence-electron chi connectivity index (χ2n) is 4.17. The van der Waals surface area contributed by atoms with Gasteiger partial charge in [0.15, 0.2) is 5.78 Å². The number of rotatable bonds is 5. The molecule has 19 heavy (non-hydrogen) atoms. The van der Waals surface area contributed by atoms with E-state index in [0.717, 1.165) is 11.1 Å². The highest BCUT2D eigenvalue weighted by Crippen LogP contribution is 2.15. The van der Waals surface area contributed by atoms with E-state index in [0.29, 0.717) is 6.29 Å². The van der Waals surface area contributed by atoms with Crippen LogP contribution in [0.5, 0.6) is 0 Å². The van der Waals surface area contributed by atoms with Crippen LogP contribution in [0.25, 0.3) is 6.08 Å². The average Bonchev–Trinajstić information content (AvgIpc) is 2.48. The van der Waals surface area contributed by atoms with Crippen LogP contribution in [0.3, 0.4) is 0 Å². The van der Waals surface area contributed by atoms with Gasteiger partial charge in [-0.05, 0) is 17.2 Å². The highest BCUT2D eigenvalue weighted by atomic mass is 16.1. The fourth-order valence-electron chi connectivity index (χ4n) is 1.82. The van der Waals surface area contributed by atoms with Crippen LogP contribution in [-0.2, 0) is 9.59 Å². The van der Waals surface area contributed by atoms with E-state index < -0.39 is 5.92 Å². The van der Waals surface area contributed by atoms with Crippen molar-refractivity contribution in [2.75, 3.05) is 0 Å². The van der Waals surface area contributed by atoms with Crippen molar-refractivity contribution < 1.29 is 9.59 Å². The van der Waals surface area contributed by atoms with Crippen LogP contribution in [0.1, 0.15) is 17.0 Å². The van der Waals surface area contributed by atoms with Crippen molar-refractivity contribution in [1.82, 2.24) is 0 Å². The lowest BCUT2D eigenvalue weighted by atomic mass is 9.95. The van der Waals surface area contributed by atoms with E-state index in [4.69, 9.17) is 0 Å². The summed E-state index contributed by atoms with van der Waals surface area (Å²) in [4.78, 5) is 23.1. The fourth-order valence-corrected chi connectivity index (χ4v) is 1.82. The van der Waals surface area contributed by atoms with Gasteiger partial charge in [-0.2, -0.15) is 0 Å². The van der Waals surface area contributed by atoms with Crippen LogP contribution < -0.4 is 0 Å². The molecule has 94 valence electrons. The average molecular weight is 250 g/mol. The Labute approximate surface area is 112 Å². The Balaban J connectivity index is 2.14. The lowest BCUT2D eigenvalue weighted by Crippen LogP contribution is -2.11. The Morgan fingerprint density at radius 1 is 0.895 bits per heavy atom. The van der Waals surface area contributed by atoms with E-state index in [2.05, 4.69) is 0 Å². The monoisotopic (exact) mass is 250 g/mol. The molecule has 0 saturated carbocycles. The molecule has 0 saturated heterocycles. The molecule has 0 fully saturated rings. The summed E-state index contributed by atoms with van der Waals surface area (Å²) in [6.45, 7) is 0. The summed E-state index contributed by atoms with van der Waals surface area (Å²) < 4.78 is 0. The van der Waals surface area contributed by atoms with Gasteiger partial charge in [0.25, 0.3) is 0 Å². The van der Waals surface area contributed by atoms with Gasteiger partial charge >= 0.3 is 0 Å². The quantitative estimate of drug-likeness (QED) is 0.464. The maximum atomic E-state index is 12.0. The molecule has 2 aromatic rings. The van der Waals surface area contributed by atoms with E-state index in [9.17, 15) is 9.59 Å². The normalized spacial score (nSPS) is 12.2. The van der Waals surface area contributed by atoms with Gasteiger partial charge in [-0.3, -0.25) is 4.79 Å². The molecule has 2 nitrogen and oxygen atoms in total. The molecule has 0 aliphatic rings. The number of allylic oxidation sites excluding steroid dienone is 1. The first-order chi connectivity index (χ1) is 9.31. The zero-order valence-electron chi connectivity index (χ0n) is 10.4. The molecule has 1 atom stereocenters. The van der Waals surface area contributed by atoms with Crippen molar-refractivity contribution in [1.29, 1.82) is 0 Å². The highest BCUT2D eigenvalue weighted by molar-refractivity contribution is 6.07. The van der Waals surface area contributed by atoms with Crippen molar-refractivity contribution in [2.45, 2.75) is 5.92 Å². The van der Waals surface area contributed by atoms with Crippen LogP contribution >= 0.6 is 0 Å². The second-order valence-corrected chi connectivity index (χ2v) is 4.17. The van der Waals surface area contributed by atoms with E-state index in [1.807, 2.05) is 48.5 Å². The minimum atomic E-state index is -0.721. The number of ketones is 1. The van der Waals surface area contributed by atoms with E-state index in [-0.39, 0.29) is 5.78 Å². The third-order valence-corrected chi connectivity index (χ3v) is 2.84. The summed E-state index contributed by atoms with van der Waals surface area (Å²) in [6.07, 6.45) is 3.87. The van der Waals surface area contributed by atoms with Crippen LogP contribution in [-0.4, -0.2) is 12.1 Å². The van der Waals surface area contributed by atoms with Gasteiger partial charge in [0.05, 0.1) is 0 Å². The smallest absolute Gasteiger partial charge is 0.170 e. The molecule has 0 spiro atoms. The predicted octanol–water partition coefficient (Wildman–Crippen LogP) is 3.25. The molecule has 0 radical (unpaired) electrons. The summed E-state index contributed by atoms with van der Waals surface area (Å²) in [5.74, 6) is -0.925. The standard InChI is InChI=1S/C17H14O2/c18-13-16(15-9-5-2-6-10-15)17(19)12-11-14-7-3-1-4-8-14/h1-13,16H/b12-11+. The van der Waals surface area contributed by atoms with Crippen molar-refractivity contribution in [3.05, 3.63) is 77.9 Å². The van der Waals surface area contributed by atoms with E-state index >= 15 is 0 Å². The molecule has 0 aliphatic heterocycles. The van der Waals surface area contributed by atoms with Gasteiger partial charge in [-0.1, -0.05) is 66.7 Å². The molecule has 0 heterocycles. The minimum absolute atomic E-state index is 0.204. The van der Waals surface area contributed by atoms with Gasteiger partial charge < -0.3 is 4.79 Å². The molecule has 0 bridgehead atoms. The Bertz CT molecular complexity index is 571. The number of carbonyl (C=O) groups is 2. The Morgan fingerprint density at radius 3 is 2.05 bits per heavy atom. The first kappa shape index (κ1) is 13.0. The number of hydrogen-bond donors (Lipinski definition) is 0. The van der Waals surface area contributed by atoms with Crippen LogP contribution in [0.15, 0.2) is 66.7 Å². The topological polar surface area (TPSA) is 34.1 Å². The van der Waals surface area contributed by atoms with Crippen LogP contribution in [0.4, 0.5) is 0 Å². The van der Waals surface area contributed by atoms with Gasteiger partial charge in [-0.25, -0.2) is 0 Å². The van der Waals surface area contributed by atoms with Crippen molar-refractivity contribution in [2.24, 2.45) is 0 Å². The molecule has 0 aliphatic carbocycles. The van der Waals surface area contributed by atoms with Crippen molar-refractivity contribution >= 4 is 18.1 Å². The molecule has 2 aromatic carbocycles. The molecule has 2 heteroatoms. The van der Waals surface area contributed by atoms with E-state index in [1.165, 1.54) is 6.08 Å². The SMILES string of the molecule is O=CC(C(=O)/C=C/c1ccccc1)c1ccccc1. The van der Waals surface area contributed by atoms with Crippen LogP contribution in [0.2, 0.25) is 0 Å². The molecular formula is C17H14O2. The molecule has 0 amide bonds. The predicted molar refractivity (Wildman–Crippen MR) is 75.7 cm³/mol. The second kappa shape index (κ2) is 6.45. The van der Waals surface area contributed by atoms with Gasteiger partial charge in [0.1, 0.15) is 12.2 Å². The Hall–Kier alpha value is -2.48.